The van der Waals surface area contributed by atoms with E-state index in [2.05, 4.69) is 4.98 Å². The fourth-order valence-corrected chi connectivity index (χ4v) is 3.66. The number of aryl methyl sites for hydroxylation is 1. The summed E-state index contributed by atoms with van der Waals surface area (Å²) in [5, 5.41) is 0.669. The van der Waals surface area contributed by atoms with Crippen LogP contribution >= 0.6 is 23.7 Å². The average molecular weight is 436 g/mol. The Balaban J connectivity index is 0.00000300. The van der Waals surface area contributed by atoms with Crippen molar-refractivity contribution < 1.29 is 14.3 Å². The lowest BCUT2D eigenvalue weighted by Gasteiger charge is -2.22. The van der Waals surface area contributed by atoms with Crippen molar-refractivity contribution in [1.82, 2.24) is 9.88 Å². The van der Waals surface area contributed by atoms with E-state index in [1.165, 1.54) is 11.3 Å². The van der Waals surface area contributed by atoms with Crippen molar-refractivity contribution in [2.24, 2.45) is 0 Å². The number of likely N-dealkylation sites (N-methyl/N-ethyl adjacent to an activating group) is 1. The first kappa shape index (κ1) is 22.9. The quantitative estimate of drug-likeness (QED) is 0.535. The Labute approximate surface area is 181 Å². The molecule has 1 amide bonds. The van der Waals surface area contributed by atoms with Gasteiger partial charge in [-0.25, -0.2) is 4.98 Å². The standard InChI is InChI=1S/C21H25N3O3S.ClH/c1-15-5-7-16(8-6-15)27-14-20(25)24(12-11-23(2)3)21-22-18-10-9-17(26-4)13-19(18)28-21;/h5-10,13H,11-12,14H2,1-4H3;1H. The number of thiazole rings is 1. The molecule has 6 nitrogen and oxygen atoms in total. The summed E-state index contributed by atoms with van der Waals surface area (Å²) < 4.78 is 12.0. The number of fused-ring (bicyclic) bond motifs is 1. The molecule has 0 fully saturated rings. The summed E-state index contributed by atoms with van der Waals surface area (Å²) in [7, 11) is 5.60. The molecule has 2 aromatic carbocycles. The van der Waals surface area contributed by atoms with Crippen molar-refractivity contribution in [1.29, 1.82) is 0 Å². The Morgan fingerprint density at radius 1 is 1.07 bits per heavy atom. The summed E-state index contributed by atoms with van der Waals surface area (Å²) >= 11 is 1.48. The number of nitrogens with zero attached hydrogens (tertiary/aromatic N) is 3. The van der Waals surface area contributed by atoms with Gasteiger partial charge in [0, 0.05) is 13.1 Å². The maximum atomic E-state index is 12.9. The molecule has 0 saturated heterocycles. The number of amides is 1. The van der Waals surface area contributed by atoms with Gasteiger partial charge in [0.05, 0.1) is 17.3 Å². The predicted octanol–water partition coefficient (Wildman–Crippen LogP) is 4.01. The van der Waals surface area contributed by atoms with Gasteiger partial charge in [-0.15, -0.1) is 12.4 Å². The maximum absolute atomic E-state index is 12.9. The number of rotatable bonds is 8. The van der Waals surface area contributed by atoms with Crippen LogP contribution in [0.4, 0.5) is 5.13 Å². The number of aromatic nitrogens is 1. The summed E-state index contributed by atoms with van der Waals surface area (Å²) in [4.78, 5) is 21.3. The third-order valence-corrected chi connectivity index (χ3v) is 5.31. The second kappa shape index (κ2) is 10.4. The Kier molecular flexibility index (Phi) is 8.25. The molecular formula is C21H26ClN3O3S. The molecule has 0 spiro atoms. The van der Waals surface area contributed by atoms with Crippen molar-refractivity contribution in [3.8, 4) is 11.5 Å². The molecule has 0 radical (unpaired) electrons. The van der Waals surface area contributed by atoms with Crippen molar-refractivity contribution in [2.45, 2.75) is 6.92 Å². The van der Waals surface area contributed by atoms with Gasteiger partial charge in [0.25, 0.3) is 5.91 Å². The Morgan fingerprint density at radius 2 is 1.76 bits per heavy atom. The molecule has 3 rings (SSSR count). The number of hydrogen-bond acceptors (Lipinski definition) is 6. The largest absolute Gasteiger partial charge is 0.497 e. The van der Waals surface area contributed by atoms with Crippen LogP contribution in [0.3, 0.4) is 0 Å². The highest BCUT2D eigenvalue weighted by Gasteiger charge is 2.20. The van der Waals surface area contributed by atoms with Crippen molar-refractivity contribution in [3.63, 3.8) is 0 Å². The average Bonchev–Trinajstić information content (AvgIpc) is 3.10. The van der Waals surface area contributed by atoms with Crippen LogP contribution in [0.25, 0.3) is 10.2 Å². The maximum Gasteiger partial charge on any atom is 0.266 e. The number of carbonyl (C=O) groups excluding carboxylic acids is 1. The summed E-state index contributed by atoms with van der Waals surface area (Å²) in [5.41, 5.74) is 2.00. The topological polar surface area (TPSA) is 54.9 Å². The van der Waals surface area contributed by atoms with E-state index in [0.717, 1.165) is 28.1 Å². The van der Waals surface area contributed by atoms with E-state index in [4.69, 9.17) is 9.47 Å². The minimum Gasteiger partial charge on any atom is -0.497 e. The van der Waals surface area contributed by atoms with Gasteiger partial charge in [0.15, 0.2) is 11.7 Å². The van der Waals surface area contributed by atoms with E-state index in [1.54, 1.807) is 12.0 Å². The zero-order chi connectivity index (χ0) is 20.1. The van der Waals surface area contributed by atoms with Gasteiger partial charge < -0.3 is 14.4 Å². The van der Waals surface area contributed by atoms with E-state index in [9.17, 15) is 4.79 Å². The van der Waals surface area contributed by atoms with E-state index in [1.807, 2.05) is 68.4 Å². The van der Waals surface area contributed by atoms with Crippen LogP contribution in [-0.4, -0.2) is 56.7 Å². The van der Waals surface area contributed by atoms with Crippen LogP contribution in [0.2, 0.25) is 0 Å². The third kappa shape index (κ3) is 6.06. The minimum atomic E-state index is -0.117. The molecule has 0 aliphatic rings. The normalized spacial score (nSPS) is 10.7. The number of hydrogen-bond donors (Lipinski definition) is 0. The van der Waals surface area contributed by atoms with E-state index in [0.29, 0.717) is 17.4 Å². The third-order valence-electron chi connectivity index (χ3n) is 4.27. The van der Waals surface area contributed by atoms with Crippen LogP contribution in [0.5, 0.6) is 11.5 Å². The lowest BCUT2D eigenvalue weighted by atomic mass is 10.2. The molecule has 1 aromatic heterocycles. The molecule has 29 heavy (non-hydrogen) atoms. The molecule has 0 atom stereocenters. The number of ether oxygens (including phenoxy) is 2. The lowest BCUT2D eigenvalue weighted by molar-refractivity contribution is -0.120. The fourth-order valence-electron chi connectivity index (χ4n) is 2.62. The van der Waals surface area contributed by atoms with Gasteiger partial charge in [-0.1, -0.05) is 29.0 Å². The van der Waals surface area contributed by atoms with Gasteiger partial charge in [-0.05, 0) is 51.4 Å². The molecule has 0 saturated carbocycles. The lowest BCUT2D eigenvalue weighted by Crippen LogP contribution is -2.39. The summed E-state index contributed by atoms with van der Waals surface area (Å²) in [6, 6.07) is 13.4. The number of halogens is 1. The van der Waals surface area contributed by atoms with Gasteiger partial charge in [0.2, 0.25) is 0 Å². The molecule has 3 aromatic rings. The second-order valence-corrected chi connectivity index (χ2v) is 7.79. The van der Waals surface area contributed by atoms with Gasteiger partial charge in [-0.2, -0.15) is 0 Å². The molecule has 0 N–H and O–H groups in total. The first-order valence-electron chi connectivity index (χ1n) is 9.05. The first-order chi connectivity index (χ1) is 13.5. The Morgan fingerprint density at radius 3 is 2.41 bits per heavy atom. The number of carbonyl (C=O) groups is 1. The SMILES string of the molecule is COc1ccc2nc(N(CCN(C)C)C(=O)COc3ccc(C)cc3)sc2c1.Cl. The minimum absolute atomic E-state index is 0. The summed E-state index contributed by atoms with van der Waals surface area (Å²) in [6.45, 7) is 3.26. The van der Waals surface area contributed by atoms with Crippen LogP contribution in [0.15, 0.2) is 42.5 Å². The highest BCUT2D eigenvalue weighted by Crippen LogP contribution is 2.31. The molecule has 0 aliphatic carbocycles. The van der Waals surface area contributed by atoms with Crippen LogP contribution in [0, 0.1) is 6.92 Å². The molecule has 0 unspecified atom stereocenters. The molecule has 1 heterocycles. The Hall–Kier alpha value is -2.35. The molecular weight excluding hydrogens is 410 g/mol. The second-order valence-electron chi connectivity index (χ2n) is 6.78. The Bertz CT molecular complexity index is 944. The first-order valence-corrected chi connectivity index (χ1v) is 9.87. The van der Waals surface area contributed by atoms with Crippen molar-refractivity contribution in [3.05, 3.63) is 48.0 Å². The van der Waals surface area contributed by atoms with Crippen molar-refractivity contribution >= 4 is 45.0 Å². The monoisotopic (exact) mass is 435 g/mol. The van der Waals surface area contributed by atoms with E-state index in [-0.39, 0.29) is 24.9 Å². The number of anilines is 1. The number of benzene rings is 2. The van der Waals surface area contributed by atoms with Crippen LogP contribution in [0.1, 0.15) is 5.56 Å². The van der Waals surface area contributed by atoms with Crippen LogP contribution < -0.4 is 14.4 Å². The fraction of sp³-hybridized carbons (Fsp3) is 0.333. The zero-order valence-electron chi connectivity index (χ0n) is 17.0. The molecule has 156 valence electrons. The highest BCUT2D eigenvalue weighted by atomic mass is 35.5. The smallest absolute Gasteiger partial charge is 0.266 e. The highest BCUT2D eigenvalue weighted by molar-refractivity contribution is 7.22. The zero-order valence-corrected chi connectivity index (χ0v) is 18.7. The van der Waals surface area contributed by atoms with Crippen LogP contribution in [-0.2, 0) is 4.79 Å². The molecule has 0 bridgehead atoms. The van der Waals surface area contributed by atoms with Crippen molar-refractivity contribution in [2.75, 3.05) is 45.8 Å². The van der Waals surface area contributed by atoms with E-state index < -0.39 is 0 Å². The predicted molar refractivity (Wildman–Crippen MR) is 121 cm³/mol. The molecule has 8 heteroatoms. The summed E-state index contributed by atoms with van der Waals surface area (Å²) in [6.07, 6.45) is 0. The van der Waals surface area contributed by atoms with Gasteiger partial charge in [0.1, 0.15) is 11.5 Å². The van der Waals surface area contributed by atoms with Gasteiger partial charge >= 0.3 is 0 Å². The molecule has 0 aliphatic heterocycles. The summed E-state index contributed by atoms with van der Waals surface area (Å²) in [5.74, 6) is 1.34. The van der Waals surface area contributed by atoms with E-state index >= 15 is 0 Å². The van der Waals surface area contributed by atoms with Gasteiger partial charge in [-0.3, -0.25) is 9.69 Å². The number of methoxy groups -OCH3 is 1.